The van der Waals surface area contributed by atoms with E-state index in [1.807, 2.05) is 23.1 Å². The third-order valence-corrected chi connectivity index (χ3v) is 5.92. The number of fused-ring (bicyclic) bond motifs is 2. The normalized spacial score (nSPS) is 15.4. The molecule has 2 N–H and O–H groups in total. The summed E-state index contributed by atoms with van der Waals surface area (Å²) in [6, 6.07) is 14.5. The molecule has 0 radical (unpaired) electrons. The Morgan fingerprint density at radius 3 is 2.69 bits per heavy atom. The molecule has 7 heteroatoms. The van der Waals surface area contributed by atoms with Crippen LogP contribution in [-0.4, -0.2) is 57.1 Å². The highest BCUT2D eigenvalue weighted by atomic mass is 35.5. The maximum absolute atomic E-state index is 11.5. The van der Waals surface area contributed by atoms with Crippen molar-refractivity contribution in [3.63, 3.8) is 0 Å². The molecule has 1 saturated heterocycles. The van der Waals surface area contributed by atoms with Crippen LogP contribution in [-0.2, 0) is 11.3 Å². The minimum atomic E-state index is 0.166. The second-order valence-corrected chi connectivity index (χ2v) is 8.09. The predicted octanol–water partition coefficient (Wildman–Crippen LogP) is 4.03. The maximum atomic E-state index is 11.5. The quantitative estimate of drug-likeness (QED) is 0.538. The van der Waals surface area contributed by atoms with E-state index in [2.05, 4.69) is 44.3 Å². The smallest absolute Gasteiger partial charge is 0.219 e. The number of aromatic amines is 2. The maximum Gasteiger partial charge on any atom is 0.219 e. The lowest BCUT2D eigenvalue weighted by atomic mass is 10.1. The van der Waals surface area contributed by atoms with Crippen molar-refractivity contribution < 1.29 is 4.79 Å². The average Bonchev–Trinajstić information content (AvgIpc) is 3.31. The molecule has 0 atom stereocenters. The van der Waals surface area contributed by atoms with Crippen LogP contribution in [0.1, 0.15) is 12.5 Å². The van der Waals surface area contributed by atoms with Crippen molar-refractivity contribution in [1.82, 2.24) is 25.0 Å². The van der Waals surface area contributed by atoms with Gasteiger partial charge in [0.2, 0.25) is 5.91 Å². The molecule has 1 amide bonds. The van der Waals surface area contributed by atoms with Crippen molar-refractivity contribution >= 4 is 39.3 Å². The lowest BCUT2D eigenvalue weighted by Crippen LogP contribution is -2.47. The summed E-state index contributed by atoms with van der Waals surface area (Å²) >= 11 is 6.08. The van der Waals surface area contributed by atoms with Crippen LogP contribution in [0.2, 0.25) is 5.02 Å². The largest absolute Gasteiger partial charge is 0.353 e. The third-order valence-electron chi connectivity index (χ3n) is 5.69. The van der Waals surface area contributed by atoms with E-state index < -0.39 is 0 Å². The number of aromatic nitrogens is 3. The topological polar surface area (TPSA) is 68.0 Å². The number of nitrogens with one attached hydrogen (secondary N) is 2. The van der Waals surface area contributed by atoms with Gasteiger partial charge in [0.25, 0.3) is 0 Å². The second-order valence-electron chi connectivity index (χ2n) is 7.65. The Labute approximate surface area is 173 Å². The molecule has 0 aliphatic carbocycles. The van der Waals surface area contributed by atoms with Gasteiger partial charge in [-0.3, -0.25) is 14.8 Å². The standard InChI is InChI=1S/C22H22ClN5O/c1-14(29)28-8-6-27(7-9-28)13-15-2-5-19-16(10-15)11-21(24-19)22-18-4-3-17(23)12-20(18)25-26-22/h2-5,10-12,24H,6-9,13H2,1H3,(H,25,26). The zero-order valence-electron chi connectivity index (χ0n) is 16.2. The Balaban J connectivity index is 1.38. The van der Waals surface area contributed by atoms with Crippen molar-refractivity contribution in [1.29, 1.82) is 0 Å². The Morgan fingerprint density at radius 1 is 1.07 bits per heavy atom. The van der Waals surface area contributed by atoms with Crippen LogP contribution >= 0.6 is 11.6 Å². The molecule has 0 saturated carbocycles. The number of H-pyrrole nitrogens is 2. The summed E-state index contributed by atoms with van der Waals surface area (Å²) in [5.41, 5.74) is 5.18. The minimum Gasteiger partial charge on any atom is -0.353 e. The number of halogens is 1. The van der Waals surface area contributed by atoms with Crippen molar-refractivity contribution in [3.05, 3.63) is 53.1 Å². The van der Waals surface area contributed by atoms with Gasteiger partial charge in [0.05, 0.1) is 11.2 Å². The van der Waals surface area contributed by atoms with Gasteiger partial charge >= 0.3 is 0 Å². The fraction of sp³-hybridized carbons (Fsp3) is 0.273. The van der Waals surface area contributed by atoms with Gasteiger partial charge in [0.15, 0.2) is 0 Å². The van der Waals surface area contributed by atoms with Crippen LogP contribution in [0.4, 0.5) is 0 Å². The molecule has 3 heterocycles. The molecular formula is C22H22ClN5O. The first-order chi connectivity index (χ1) is 14.1. The van der Waals surface area contributed by atoms with Crippen molar-refractivity contribution in [2.24, 2.45) is 0 Å². The minimum absolute atomic E-state index is 0.166. The molecule has 1 fully saturated rings. The summed E-state index contributed by atoms with van der Waals surface area (Å²) in [6.45, 7) is 5.98. The average molecular weight is 408 g/mol. The van der Waals surface area contributed by atoms with Gasteiger partial charge in [-0.2, -0.15) is 5.10 Å². The van der Waals surface area contributed by atoms with Crippen LogP contribution in [0.5, 0.6) is 0 Å². The lowest BCUT2D eigenvalue weighted by Gasteiger charge is -2.34. The third kappa shape index (κ3) is 3.50. The Hall–Kier alpha value is -2.83. The molecule has 29 heavy (non-hydrogen) atoms. The number of carbonyl (C=O) groups is 1. The van der Waals surface area contributed by atoms with E-state index in [1.54, 1.807) is 6.92 Å². The lowest BCUT2D eigenvalue weighted by molar-refractivity contribution is -0.130. The summed E-state index contributed by atoms with van der Waals surface area (Å²) in [6.07, 6.45) is 0. The number of carbonyl (C=O) groups excluding carboxylic acids is 1. The van der Waals surface area contributed by atoms with Crippen LogP contribution < -0.4 is 0 Å². The first-order valence-electron chi connectivity index (χ1n) is 9.80. The van der Waals surface area contributed by atoms with Crippen molar-refractivity contribution in [2.75, 3.05) is 26.2 Å². The molecule has 1 aliphatic rings. The van der Waals surface area contributed by atoms with Crippen LogP contribution in [0, 0.1) is 0 Å². The number of hydrogen-bond donors (Lipinski definition) is 2. The molecular weight excluding hydrogens is 386 g/mol. The van der Waals surface area contributed by atoms with Gasteiger partial charge in [-0.25, -0.2) is 0 Å². The fourth-order valence-electron chi connectivity index (χ4n) is 4.08. The molecule has 2 aromatic carbocycles. The first kappa shape index (κ1) is 18.2. The summed E-state index contributed by atoms with van der Waals surface area (Å²) in [4.78, 5) is 19.3. The van der Waals surface area contributed by atoms with Gasteiger partial charge in [0, 0.05) is 61.0 Å². The number of nitrogens with zero attached hydrogens (tertiary/aromatic N) is 3. The number of rotatable bonds is 3. The zero-order valence-corrected chi connectivity index (χ0v) is 17.0. The summed E-state index contributed by atoms with van der Waals surface area (Å²) < 4.78 is 0. The van der Waals surface area contributed by atoms with Crippen LogP contribution in [0.3, 0.4) is 0 Å². The zero-order chi connectivity index (χ0) is 20.0. The van der Waals surface area contributed by atoms with Gasteiger partial charge < -0.3 is 9.88 Å². The Morgan fingerprint density at radius 2 is 1.90 bits per heavy atom. The van der Waals surface area contributed by atoms with Gasteiger partial charge in [-0.1, -0.05) is 17.7 Å². The SMILES string of the molecule is CC(=O)N1CCN(Cc2ccc3[nH]c(-c4n[nH]c5cc(Cl)ccc45)cc3c2)CC1. The Kier molecular flexibility index (Phi) is 4.53. The molecule has 1 aliphatic heterocycles. The number of hydrogen-bond acceptors (Lipinski definition) is 3. The molecule has 2 aromatic heterocycles. The molecule has 0 spiro atoms. The van der Waals surface area contributed by atoms with E-state index in [0.717, 1.165) is 60.5 Å². The molecule has 0 bridgehead atoms. The fourth-order valence-corrected chi connectivity index (χ4v) is 4.26. The number of piperazine rings is 1. The van der Waals surface area contributed by atoms with E-state index in [9.17, 15) is 4.79 Å². The highest BCUT2D eigenvalue weighted by Crippen LogP contribution is 2.30. The van der Waals surface area contributed by atoms with E-state index in [1.165, 1.54) is 10.9 Å². The highest BCUT2D eigenvalue weighted by Gasteiger charge is 2.19. The summed E-state index contributed by atoms with van der Waals surface area (Å²) in [5, 5.41) is 10.5. The highest BCUT2D eigenvalue weighted by molar-refractivity contribution is 6.31. The number of amides is 1. The monoisotopic (exact) mass is 407 g/mol. The first-order valence-corrected chi connectivity index (χ1v) is 10.2. The molecule has 5 rings (SSSR count). The van der Waals surface area contributed by atoms with E-state index in [4.69, 9.17) is 11.6 Å². The van der Waals surface area contributed by atoms with Gasteiger partial charge in [-0.05, 0) is 42.0 Å². The van der Waals surface area contributed by atoms with E-state index in [0.29, 0.717) is 5.02 Å². The second kappa shape index (κ2) is 7.21. The summed E-state index contributed by atoms with van der Waals surface area (Å²) in [5.74, 6) is 0.166. The van der Waals surface area contributed by atoms with Crippen LogP contribution in [0.15, 0.2) is 42.5 Å². The van der Waals surface area contributed by atoms with Gasteiger partial charge in [-0.15, -0.1) is 0 Å². The summed E-state index contributed by atoms with van der Waals surface area (Å²) in [7, 11) is 0. The van der Waals surface area contributed by atoms with Gasteiger partial charge in [0.1, 0.15) is 5.69 Å². The number of benzene rings is 2. The molecule has 4 aromatic rings. The van der Waals surface area contributed by atoms with Crippen molar-refractivity contribution in [3.8, 4) is 11.4 Å². The van der Waals surface area contributed by atoms with Crippen LogP contribution in [0.25, 0.3) is 33.2 Å². The van der Waals surface area contributed by atoms with E-state index >= 15 is 0 Å². The molecule has 6 nitrogen and oxygen atoms in total. The predicted molar refractivity (Wildman–Crippen MR) is 116 cm³/mol. The molecule has 148 valence electrons. The molecule has 0 unspecified atom stereocenters. The Bertz CT molecular complexity index is 1200. The van der Waals surface area contributed by atoms with Crippen molar-refractivity contribution in [2.45, 2.75) is 13.5 Å². The van der Waals surface area contributed by atoms with E-state index in [-0.39, 0.29) is 5.91 Å².